The lowest BCUT2D eigenvalue weighted by Gasteiger charge is -2.30. The fourth-order valence-electron chi connectivity index (χ4n) is 3.18. The largest absolute Gasteiger partial charge is 0.290 e. The van der Waals surface area contributed by atoms with Crippen LogP contribution in [0.4, 0.5) is 5.69 Å². The lowest BCUT2D eigenvalue weighted by molar-refractivity contribution is -0.122. The van der Waals surface area contributed by atoms with Crippen LogP contribution in [0.25, 0.3) is 0 Å². The molecule has 0 aliphatic carbocycles. The highest BCUT2D eigenvalue weighted by Crippen LogP contribution is 2.31. The van der Waals surface area contributed by atoms with Gasteiger partial charge >= 0.3 is 0 Å². The molecular weight excluding hydrogens is 284 g/mol. The van der Waals surface area contributed by atoms with Gasteiger partial charge in [-0.3, -0.25) is 14.5 Å². The van der Waals surface area contributed by atoms with Crippen LogP contribution >= 0.6 is 11.8 Å². The van der Waals surface area contributed by atoms with E-state index in [2.05, 4.69) is 4.90 Å². The summed E-state index contributed by atoms with van der Waals surface area (Å²) in [6.45, 7) is 5.70. The Bertz CT molecular complexity index is 561. The lowest BCUT2D eigenvalue weighted by Crippen LogP contribution is -2.46. The molecule has 2 aliphatic heterocycles. The molecule has 1 atom stereocenters. The van der Waals surface area contributed by atoms with Crippen LogP contribution in [0.3, 0.4) is 0 Å². The van der Waals surface area contributed by atoms with E-state index in [1.807, 2.05) is 43.8 Å². The molecule has 0 bridgehead atoms. The highest BCUT2D eigenvalue weighted by atomic mass is 32.2. The molecule has 2 heterocycles. The minimum atomic E-state index is -0.266. The van der Waals surface area contributed by atoms with E-state index in [-0.39, 0.29) is 17.9 Å². The quantitative estimate of drug-likeness (QED) is 0.784. The standard InChI is InChI=1S/C16H20N2O2S/c1-11-4-3-5-12(2)15(11)18-14(19)10-13(16(18)20)17-6-8-21-9-7-17/h3-5,13H,6-10H2,1-2H3. The number of amides is 2. The second-order valence-electron chi connectivity index (χ2n) is 5.68. The van der Waals surface area contributed by atoms with Crippen LogP contribution in [0.2, 0.25) is 0 Å². The van der Waals surface area contributed by atoms with Crippen molar-refractivity contribution >= 4 is 29.3 Å². The zero-order valence-corrected chi connectivity index (χ0v) is 13.3. The highest BCUT2D eigenvalue weighted by Gasteiger charge is 2.43. The van der Waals surface area contributed by atoms with Crippen molar-refractivity contribution in [2.75, 3.05) is 29.5 Å². The van der Waals surface area contributed by atoms with Crippen molar-refractivity contribution in [3.8, 4) is 0 Å². The molecule has 112 valence electrons. The lowest BCUT2D eigenvalue weighted by atomic mass is 10.1. The van der Waals surface area contributed by atoms with E-state index in [1.54, 1.807) is 0 Å². The Hall–Kier alpha value is -1.33. The number of imide groups is 1. The van der Waals surface area contributed by atoms with E-state index in [0.717, 1.165) is 41.4 Å². The Labute approximate surface area is 129 Å². The molecule has 1 unspecified atom stereocenters. The second-order valence-corrected chi connectivity index (χ2v) is 6.90. The van der Waals surface area contributed by atoms with Gasteiger partial charge in [0.1, 0.15) is 0 Å². The maximum absolute atomic E-state index is 12.8. The van der Waals surface area contributed by atoms with E-state index in [9.17, 15) is 9.59 Å². The number of hydrogen-bond acceptors (Lipinski definition) is 4. The molecule has 5 heteroatoms. The van der Waals surface area contributed by atoms with Crippen molar-refractivity contribution in [1.29, 1.82) is 0 Å². The van der Waals surface area contributed by atoms with Crippen molar-refractivity contribution in [3.63, 3.8) is 0 Å². The first-order chi connectivity index (χ1) is 10.1. The van der Waals surface area contributed by atoms with Crippen LogP contribution in [0.15, 0.2) is 18.2 Å². The molecule has 0 radical (unpaired) electrons. The summed E-state index contributed by atoms with van der Waals surface area (Å²) in [4.78, 5) is 28.8. The number of aryl methyl sites for hydroxylation is 2. The van der Waals surface area contributed by atoms with Gasteiger partial charge in [0.15, 0.2) is 0 Å². The number of carbonyl (C=O) groups excluding carboxylic acids is 2. The van der Waals surface area contributed by atoms with Gasteiger partial charge in [0.2, 0.25) is 5.91 Å². The Balaban J connectivity index is 1.90. The summed E-state index contributed by atoms with van der Waals surface area (Å²) >= 11 is 1.91. The van der Waals surface area contributed by atoms with E-state index in [4.69, 9.17) is 0 Å². The van der Waals surface area contributed by atoms with Crippen LogP contribution in [0, 0.1) is 13.8 Å². The van der Waals surface area contributed by atoms with Gasteiger partial charge in [-0.1, -0.05) is 18.2 Å². The predicted octanol–water partition coefficient (Wildman–Crippen LogP) is 1.98. The molecule has 21 heavy (non-hydrogen) atoms. The third-order valence-corrected chi connectivity index (χ3v) is 5.21. The molecule has 4 nitrogen and oxygen atoms in total. The molecule has 1 aromatic carbocycles. The van der Waals surface area contributed by atoms with E-state index in [1.165, 1.54) is 4.90 Å². The van der Waals surface area contributed by atoms with Gasteiger partial charge in [-0.25, -0.2) is 4.90 Å². The van der Waals surface area contributed by atoms with Crippen molar-refractivity contribution in [3.05, 3.63) is 29.3 Å². The molecule has 0 saturated carbocycles. The van der Waals surface area contributed by atoms with Gasteiger partial charge < -0.3 is 0 Å². The SMILES string of the molecule is Cc1cccc(C)c1N1C(=O)CC(N2CCSCC2)C1=O. The van der Waals surface area contributed by atoms with Gasteiger partial charge in [-0.15, -0.1) is 0 Å². The molecule has 0 aromatic heterocycles. The third-order valence-electron chi connectivity index (χ3n) is 4.27. The smallest absolute Gasteiger partial charge is 0.251 e. The number of nitrogens with zero attached hydrogens (tertiary/aromatic N) is 2. The first-order valence-electron chi connectivity index (χ1n) is 7.34. The fraction of sp³-hybridized carbons (Fsp3) is 0.500. The molecule has 2 fully saturated rings. The minimum Gasteiger partial charge on any atom is -0.290 e. The molecular formula is C16H20N2O2S. The Morgan fingerprint density at radius 3 is 2.33 bits per heavy atom. The van der Waals surface area contributed by atoms with E-state index in [0.29, 0.717) is 6.42 Å². The van der Waals surface area contributed by atoms with Crippen molar-refractivity contribution in [2.24, 2.45) is 0 Å². The van der Waals surface area contributed by atoms with Gasteiger partial charge in [0, 0.05) is 24.6 Å². The normalized spacial score (nSPS) is 23.9. The number of rotatable bonds is 2. The maximum atomic E-state index is 12.8. The van der Waals surface area contributed by atoms with Crippen LogP contribution in [0.5, 0.6) is 0 Å². The van der Waals surface area contributed by atoms with Crippen molar-refractivity contribution in [1.82, 2.24) is 4.90 Å². The summed E-state index contributed by atoms with van der Waals surface area (Å²) in [6, 6.07) is 5.59. The fourth-order valence-corrected chi connectivity index (χ4v) is 4.11. The van der Waals surface area contributed by atoms with Crippen LogP contribution < -0.4 is 4.90 Å². The topological polar surface area (TPSA) is 40.6 Å². The van der Waals surface area contributed by atoms with E-state index < -0.39 is 0 Å². The molecule has 0 spiro atoms. The monoisotopic (exact) mass is 304 g/mol. The number of para-hydroxylation sites is 1. The minimum absolute atomic E-state index is 0.0516. The van der Waals surface area contributed by atoms with Gasteiger partial charge in [0.05, 0.1) is 18.2 Å². The summed E-state index contributed by atoms with van der Waals surface area (Å²) < 4.78 is 0. The summed E-state index contributed by atoms with van der Waals surface area (Å²) in [5.41, 5.74) is 2.74. The predicted molar refractivity (Wildman–Crippen MR) is 85.7 cm³/mol. The number of anilines is 1. The van der Waals surface area contributed by atoms with Gasteiger partial charge in [0.25, 0.3) is 5.91 Å². The van der Waals surface area contributed by atoms with Crippen LogP contribution in [-0.2, 0) is 9.59 Å². The molecule has 1 aromatic rings. The van der Waals surface area contributed by atoms with Gasteiger partial charge in [-0.2, -0.15) is 11.8 Å². The van der Waals surface area contributed by atoms with Crippen LogP contribution in [0.1, 0.15) is 17.5 Å². The Morgan fingerprint density at radius 2 is 1.71 bits per heavy atom. The third kappa shape index (κ3) is 2.60. The molecule has 2 amide bonds. The molecule has 2 aliphatic rings. The number of carbonyl (C=O) groups is 2. The Kier molecular flexibility index (Phi) is 4.04. The van der Waals surface area contributed by atoms with Gasteiger partial charge in [-0.05, 0) is 25.0 Å². The number of benzene rings is 1. The van der Waals surface area contributed by atoms with E-state index >= 15 is 0 Å². The van der Waals surface area contributed by atoms with Crippen LogP contribution in [-0.4, -0.2) is 47.4 Å². The zero-order chi connectivity index (χ0) is 15.0. The summed E-state index contributed by atoms with van der Waals surface area (Å²) in [5, 5.41) is 0. The average Bonchev–Trinajstić information content (AvgIpc) is 2.76. The maximum Gasteiger partial charge on any atom is 0.251 e. The van der Waals surface area contributed by atoms with Crippen molar-refractivity contribution < 1.29 is 9.59 Å². The molecule has 2 saturated heterocycles. The molecule has 3 rings (SSSR count). The summed E-state index contributed by atoms with van der Waals surface area (Å²) in [6.07, 6.45) is 0.317. The number of thioether (sulfide) groups is 1. The van der Waals surface area contributed by atoms with Crippen molar-refractivity contribution in [2.45, 2.75) is 26.3 Å². The highest BCUT2D eigenvalue weighted by molar-refractivity contribution is 7.99. The first-order valence-corrected chi connectivity index (χ1v) is 8.50. The average molecular weight is 304 g/mol. The first kappa shape index (κ1) is 14.6. The molecule has 0 N–H and O–H groups in total. The summed E-state index contributed by atoms with van der Waals surface area (Å²) in [7, 11) is 0. The Morgan fingerprint density at radius 1 is 1.10 bits per heavy atom. The second kappa shape index (κ2) is 5.81. The summed E-state index contributed by atoms with van der Waals surface area (Å²) in [5.74, 6) is 1.97. The number of hydrogen-bond donors (Lipinski definition) is 0. The zero-order valence-electron chi connectivity index (χ0n) is 12.5.